The van der Waals surface area contributed by atoms with E-state index >= 15 is 0 Å². The van der Waals surface area contributed by atoms with E-state index in [-0.39, 0.29) is 24.4 Å². The Morgan fingerprint density at radius 2 is 2.10 bits per heavy atom. The molecule has 2 aromatic carbocycles. The molecule has 7 heteroatoms. The molecule has 1 amide bonds. The van der Waals surface area contributed by atoms with Gasteiger partial charge in [-0.05, 0) is 42.3 Å². The molecule has 0 radical (unpaired) electrons. The molecule has 1 aliphatic rings. The summed E-state index contributed by atoms with van der Waals surface area (Å²) in [6, 6.07) is 17.2. The van der Waals surface area contributed by atoms with E-state index in [0.29, 0.717) is 17.7 Å². The lowest BCUT2D eigenvalue weighted by Gasteiger charge is -2.19. The van der Waals surface area contributed by atoms with Gasteiger partial charge in [-0.1, -0.05) is 47.1 Å². The van der Waals surface area contributed by atoms with E-state index in [1.807, 2.05) is 37.3 Å². The molecule has 0 bridgehead atoms. The molecular formula is C23H20FN3O3. The second kappa shape index (κ2) is 8.73. The summed E-state index contributed by atoms with van der Waals surface area (Å²) in [5.74, 6) is -0.0706. The molecule has 0 aliphatic carbocycles. The topological polar surface area (TPSA) is 67.4 Å². The smallest absolute Gasteiger partial charge is 0.284 e. The molecule has 4 rings (SSSR count). The summed E-state index contributed by atoms with van der Waals surface area (Å²) in [6.07, 6.45) is 3.46. The summed E-state index contributed by atoms with van der Waals surface area (Å²) in [7, 11) is 0. The van der Waals surface area contributed by atoms with Gasteiger partial charge < -0.3 is 9.25 Å². The monoisotopic (exact) mass is 405 g/mol. The van der Waals surface area contributed by atoms with Crippen LogP contribution < -0.4 is 0 Å². The minimum atomic E-state index is -0.369. The van der Waals surface area contributed by atoms with Crippen LogP contribution in [0.1, 0.15) is 34.9 Å². The molecule has 30 heavy (non-hydrogen) atoms. The Bertz CT molecular complexity index is 1080. The Morgan fingerprint density at radius 1 is 1.27 bits per heavy atom. The number of carbonyl (C=O) groups excluding carboxylic acids is 1. The second-order valence-electron chi connectivity index (χ2n) is 6.95. The molecule has 0 saturated heterocycles. The van der Waals surface area contributed by atoms with Crippen molar-refractivity contribution >= 4 is 17.8 Å². The van der Waals surface area contributed by atoms with Crippen LogP contribution in [0.3, 0.4) is 0 Å². The fraction of sp³-hybridized carbons (Fsp3) is 0.174. The van der Waals surface area contributed by atoms with Gasteiger partial charge in [0.2, 0.25) is 0 Å². The van der Waals surface area contributed by atoms with Crippen molar-refractivity contribution in [1.82, 2.24) is 5.01 Å². The van der Waals surface area contributed by atoms with E-state index in [1.165, 1.54) is 23.4 Å². The van der Waals surface area contributed by atoms with Crippen LogP contribution >= 0.6 is 0 Å². The first-order chi connectivity index (χ1) is 14.6. The van der Waals surface area contributed by atoms with Gasteiger partial charge in [0.05, 0.1) is 18.2 Å². The molecule has 1 aromatic heterocycles. The molecule has 2 heterocycles. The fourth-order valence-electron chi connectivity index (χ4n) is 3.21. The number of benzene rings is 2. The number of oxime groups is 1. The predicted octanol–water partition coefficient (Wildman–Crippen LogP) is 4.46. The van der Waals surface area contributed by atoms with E-state index in [9.17, 15) is 9.18 Å². The molecule has 3 aromatic rings. The Kier molecular flexibility index (Phi) is 5.70. The Hall–Kier alpha value is -3.74. The number of amides is 1. The van der Waals surface area contributed by atoms with E-state index in [1.54, 1.807) is 24.5 Å². The lowest BCUT2D eigenvalue weighted by atomic mass is 10.0. The highest BCUT2D eigenvalue weighted by Crippen LogP contribution is 2.33. The molecule has 0 spiro atoms. The molecular weight excluding hydrogens is 385 g/mol. The third-order valence-corrected chi connectivity index (χ3v) is 4.74. The Labute approximate surface area is 173 Å². The second-order valence-corrected chi connectivity index (χ2v) is 6.95. The number of hydrogen-bond acceptors (Lipinski definition) is 5. The van der Waals surface area contributed by atoms with Gasteiger partial charge in [0.15, 0.2) is 6.61 Å². The Balaban J connectivity index is 1.47. The highest BCUT2D eigenvalue weighted by Gasteiger charge is 2.35. The van der Waals surface area contributed by atoms with Crippen molar-refractivity contribution < 1.29 is 18.4 Å². The van der Waals surface area contributed by atoms with Crippen LogP contribution in [-0.4, -0.2) is 29.4 Å². The first-order valence-corrected chi connectivity index (χ1v) is 9.51. The summed E-state index contributed by atoms with van der Waals surface area (Å²) in [4.78, 5) is 17.9. The van der Waals surface area contributed by atoms with Gasteiger partial charge >= 0.3 is 0 Å². The van der Waals surface area contributed by atoms with Crippen molar-refractivity contribution in [2.45, 2.75) is 19.4 Å². The van der Waals surface area contributed by atoms with Gasteiger partial charge in [-0.3, -0.25) is 4.79 Å². The van der Waals surface area contributed by atoms with Crippen molar-refractivity contribution in [3.63, 3.8) is 0 Å². The molecule has 0 saturated carbocycles. The number of aryl methyl sites for hydroxylation is 1. The van der Waals surface area contributed by atoms with Gasteiger partial charge in [0, 0.05) is 6.42 Å². The summed E-state index contributed by atoms with van der Waals surface area (Å²) < 4.78 is 18.7. The molecule has 0 fully saturated rings. The molecule has 6 nitrogen and oxygen atoms in total. The van der Waals surface area contributed by atoms with E-state index < -0.39 is 0 Å². The molecule has 0 unspecified atom stereocenters. The number of hydrazone groups is 1. The first kappa shape index (κ1) is 19.6. The highest BCUT2D eigenvalue weighted by atomic mass is 19.1. The zero-order valence-corrected chi connectivity index (χ0v) is 16.4. The van der Waals surface area contributed by atoms with Crippen LogP contribution in [0.2, 0.25) is 0 Å². The lowest BCUT2D eigenvalue weighted by Crippen LogP contribution is -2.29. The number of rotatable bonds is 6. The van der Waals surface area contributed by atoms with Gasteiger partial charge in [0.25, 0.3) is 5.91 Å². The maximum Gasteiger partial charge on any atom is 0.284 e. The largest absolute Gasteiger partial charge is 0.467 e. The van der Waals surface area contributed by atoms with Gasteiger partial charge in [-0.2, -0.15) is 5.10 Å². The quantitative estimate of drug-likeness (QED) is 0.449. The maximum atomic E-state index is 13.2. The van der Waals surface area contributed by atoms with Gasteiger partial charge in [-0.15, -0.1) is 0 Å². The van der Waals surface area contributed by atoms with E-state index in [2.05, 4.69) is 10.3 Å². The summed E-state index contributed by atoms with van der Waals surface area (Å²) in [5.41, 5.74) is 3.44. The highest BCUT2D eigenvalue weighted by molar-refractivity contribution is 6.03. The number of nitrogens with zero attached hydrogens (tertiary/aromatic N) is 3. The van der Waals surface area contributed by atoms with Crippen molar-refractivity contribution in [2.24, 2.45) is 10.3 Å². The van der Waals surface area contributed by atoms with Crippen LogP contribution in [0.25, 0.3) is 0 Å². The Morgan fingerprint density at radius 3 is 2.83 bits per heavy atom. The minimum Gasteiger partial charge on any atom is -0.467 e. The lowest BCUT2D eigenvalue weighted by molar-refractivity contribution is -0.138. The fourth-order valence-corrected chi connectivity index (χ4v) is 3.21. The van der Waals surface area contributed by atoms with Crippen LogP contribution in [-0.2, 0) is 9.63 Å². The van der Waals surface area contributed by atoms with Crippen LogP contribution in [0.15, 0.2) is 81.6 Å². The summed E-state index contributed by atoms with van der Waals surface area (Å²) in [6.45, 7) is 1.72. The van der Waals surface area contributed by atoms with Crippen molar-refractivity contribution in [1.29, 1.82) is 0 Å². The predicted molar refractivity (Wildman–Crippen MR) is 111 cm³/mol. The van der Waals surface area contributed by atoms with Crippen LogP contribution in [0.4, 0.5) is 4.39 Å². The molecule has 152 valence electrons. The summed E-state index contributed by atoms with van der Waals surface area (Å²) in [5, 5.41) is 9.67. The van der Waals surface area contributed by atoms with Gasteiger partial charge in [-0.25, -0.2) is 9.40 Å². The zero-order chi connectivity index (χ0) is 20.9. The average molecular weight is 405 g/mol. The molecule has 0 N–H and O–H groups in total. The van der Waals surface area contributed by atoms with Crippen molar-refractivity contribution in [2.75, 3.05) is 6.61 Å². The number of carbonyl (C=O) groups is 1. The molecule has 1 aliphatic heterocycles. The molecule has 1 atom stereocenters. The van der Waals surface area contributed by atoms with Crippen LogP contribution in [0.5, 0.6) is 0 Å². The number of furan rings is 1. The maximum absolute atomic E-state index is 13.2. The van der Waals surface area contributed by atoms with Crippen LogP contribution in [0, 0.1) is 12.7 Å². The standard InChI is InChI=1S/C23H20FN3O3/c1-16-7-9-18(10-8-16)20-13-21(22-6-3-11-29-22)27(26-20)23(28)15-30-25-14-17-4-2-5-19(24)12-17/h2-12,14,21H,13,15H2,1H3/b25-14-/t21-/m0/s1. The SMILES string of the molecule is Cc1ccc(C2=NN(C(=O)CO/N=C\c3cccc(F)c3)[C@H](c3ccco3)C2)cc1. The number of halogens is 1. The van der Waals surface area contributed by atoms with Crippen molar-refractivity contribution in [3.8, 4) is 0 Å². The minimum absolute atomic E-state index is 0.298. The normalized spacial score (nSPS) is 16.1. The third kappa shape index (κ3) is 4.46. The summed E-state index contributed by atoms with van der Waals surface area (Å²) >= 11 is 0. The number of hydrogen-bond donors (Lipinski definition) is 0. The average Bonchev–Trinajstić information content (AvgIpc) is 3.41. The van der Waals surface area contributed by atoms with Gasteiger partial charge in [0.1, 0.15) is 17.6 Å². The van der Waals surface area contributed by atoms with Crippen molar-refractivity contribution in [3.05, 3.63) is 95.2 Å². The van der Waals surface area contributed by atoms with E-state index in [4.69, 9.17) is 9.25 Å². The van der Waals surface area contributed by atoms with E-state index in [0.717, 1.165) is 16.8 Å². The zero-order valence-electron chi connectivity index (χ0n) is 16.4. The third-order valence-electron chi connectivity index (χ3n) is 4.74. The first-order valence-electron chi connectivity index (χ1n) is 9.51.